The van der Waals surface area contributed by atoms with Gasteiger partial charge in [0.2, 0.25) is 5.91 Å². The summed E-state index contributed by atoms with van der Waals surface area (Å²) in [6.45, 7) is 9.70. The Morgan fingerprint density at radius 2 is 2.03 bits per heavy atom. The topological polar surface area (TPSA) is 61.9 Å². The minimum atomic E-state index is -0.308. The molecular formula is C30H36ClN3O3S. The quantitative estimate of drug-likeness (QED) is 0.307. The first-order valence-electron chi connectivity index (χ1n) is 13.1. The van der Waals surface area contributed by atoms with Crippen molar-refractivity contribution in [2.24, 2.45) is 5.92 Å². The van der Waals surface area contributed by atoms with Crippen molar-refractivity contribution < 1.29 is 14.3 Å². The first-order chi connectivity index (χ1) is 18.2. The molecule has 0 spiro atoms. The molecule has 1 aliphatic rings. The van der Waals surface area contributed by atoms with Gasteiger partial charge in [0, 0.05) is 28.7 Å². The van der Waals surface area contributed by atoms with E-state index in [1.807, 2.05) is 24.0 Å². The Labute approximate surface area is 234 Å². The molecule has 8 heteroatoms. The van der Waals surface area contributed by atoms with E-state index in [0.717, 1.165) is 29.7 Å². The Bertz CT molecular complexity index is 1280. The Balaban J connectivity index is 1.52. The lowest BCUT2D eigenvalue weighted by Crippen LogP contribution is -2.49. The molecule has 1 aromatic heterocycles. The van der Waals surface area contributed by atoms with Crippen molar-refractivity contribution in [2.75, 3.05) is 31.6 Å². The molecule has 6 nitrogen and oxygen atoms in total. The van der Waals surface area contributed by atoms with E-state index in [0.29, 0.717) is 30.4 Å². The predicted molar refractivity (Wildman–Crippen MR) is 155 cm³/mol. The summed E-state index contributed by atoms with van der Waals surface area (Å²) in [4.78, 5) is 31.9. The van der Waals surface area contributed by atoms with E-state index in [1.165, 1.54) is 10.4 Å². The number of ether oxygens (including phenoxy) is 1. The second kappa shape index (κ2) is 12.7. The van der Waals surface area contributed by atoms with E-state index in [4.69, 9.17) is 16.3 Å². The molecule has 0 radical (unpaired) electrons. The molecule has 3 amide bonds. The number of benzene rings is 2. The molecular weight excluding hydrogens is 518 g/mol. The van der Waals surface area contributed by atoms with Crippen LogP contribution in [-0.2, 0) is 11.2 Å². The number of hydrogen-bond acceptors (Lipinski definition) is 4. The summed E-state index contributed by atoms with van der Waals surface area (Å²) in [6, 6.07) is 14.7. The summed E-state index contributed by atoms with van der Waals surface area (Å²) in [5.41, 5.74) is 3.99. The number of amides is 3. The number of fused-ring (bicyclic) bond motifs is 1. The second-order valence-corrected chi connectivity index (χ2v) is 11.5. The van der Waals surface area contributed by atoms with Gasteiger partial charge in [-0.15, -0.1) is 11.3 Å². The molecule has 0 fully saturated rings. The number of aryl methyl sites for hydroxylation is 2. The largest absolute Gasteiger partial charge is 0.491 e. The van der Waals surface area contributed by atoms with Crippen molar-refractivity contribution >= 4 is 40.6 Å². The minimum absolute atomic E-state index is 0.00370. The van der Waals surface area contributed by atoms with Gasteiger partial charge in [-0.1, -0.05) is 55.6 Å². The molecule has 2 unspecified atom stereocenters. The van der Waals surface area contributed by atoms with Gasteiger partial charge in [0.25, 0.3) is 0 Å². The molecule has 3 aromatic rings. The van der Waals surface area contributed by atoms with Crippen molar-refractivity contribution in [1.29, 1.82) is 0 Å². The summed E-state index contributed by atoms with van der Waals surface area (Å²) in [5.74, 6) is 0.992. The summed E-state index contributed by atoms with van der Waals surface area (Å²) >= 11 is 7.83. The average molecular weight is 554 g/mol. The number of rotatable bonds is 9. The van der Waals surface area contributed by atoms with Gasteiger partial charge in [-0.2, -0.15) is 0 Å². The lowest BCUT2D eigenvalue weighted by Gasteiger charge is -2.37. The molecule has 0 saturated carbocycles. The van der Waals surface area contributed by atoms with Crippen LogP contribution in [0.15, 0.2) is 53.9 Å². The van der Waals surface area contributed by atoms with Crippen LogP contribution < -0.4 is 10.1 Å². The Morgan fingerprint density at radius 1 is 1.21 bits per heavy atom. The highest BCUT2D eigenvalue weighted by molar-refractivity contribution is 7.10. The Hall–Kier alpha value is -3.03. The van der Waals surface area contributed by atoms with Crippen LogP contribution in [0.3, 0.4) is 0 Å². The lowest BCUT2D eigenvalue weighted by atomic mass is 10.00. The number of urea groups is 1. The van der Waals surface area contributed by atoms with E-state index >= 15 is 0 Å². The highest BCUT2D eigenvalue weighted by Gasteiger charge is 2.34. The van der Waals surface area contributed by atoms with Crippen LogP contribution in [0.1, 0.15) is 47.9 Å². The molecule has 38 heavy (non-hydrogen) atoms. The molecule has 1 N–H and O–H groups in total. The van der Waals surface area contributed by atoms with Crippen molar-refractivity contribution in [3.63, 3.8) is 0 Å². The van der Waals surface area contributed by atoms with Crippen LogP contribution in [0.5, 0.6) is 5.75 Å². The van der Waals surface area contributed by atoms with Gasteiger partial charge in [0.05, 0.1) is 6.04 Å². The van der Waals surface area contributed by atoms with Gasteiger partial charge in [0.1, 0.15) is 18.9 Å². The number of carbonyl (C=O) groups is 2. The normalized spacial score (nSPS) is 15.5. The van der Waals surface area contributed by atoms with Gasteiger partial charge in [0.15, 0.2) is 0 Å². The standard InChI is InChI=1S/C30H36ClN3O3S/c1-5-20(2)17-33(30(36)32-24-8-6-7-23(31)16-24)18-29(35)34-13-11-28-25(12-14-38-28)26(34)19-37-27-10-9-21(3)15-22(27)4/h6-10,12,14-16,20,26H,5,11,13,17-19H2,1-4H3,(H,32,36). The first-order valence-corrected chi connectivity index (χ1v) is 14.4. The Morgan fingerprint density at radius 3 is 2.76 bits per heavy atom. The molecule has 1 aliphatic heterocycles. The van der Waals surface area contributed by atoms with Crippen molar-refractivity contribution in [2.45, 2.75) is 46.6 Å². The third-order valence-corrected chi connectivity index (χ3v) is 8.29. The molecule has 4 rings (SSSR count). The summed E-state index contributed by atoms with van der Waals surface area (Å²) < 4.78 is 6.27. The highest BCUT2D eigenvalue weighted by atomic mass is 35.5. The fourth-order valence-electron chi connectivity index (χ4n) is 4.75. The van der Waals surface area contributed by atoms with Crippen LogP contribution in [-0.4, -0.2) is 48.0 Å². The van der Waals surface area contributed by atoms with Crippen molar-refractivity contribution in [1.82, 2.24) is 9.80 Å². The number of thiophene rings is 1. The van der Waals surface area contributed by atoms with Crippen LogP contribution >= 0.6 is 22.9 Å². The zero-order valence-corrected chi connectivity index (χ0v) is 24.1. The highest BCUT2D eigenvalue weighted by Crippen LogP contribution is 2.34. The lowest BCUT2D eigenvalue weighted by molar-refractivity contribution is -0.135. The first kappa shape index (κ1) is 28.0. The number of carbonyl (C=O) groups excluding carboxylic acids is 2. The molecule has 2 aromatic carbocycles. The number of anilines is 1. The molecule has 0 bridgehead atoms. The van der Waals surface area contributed by atoms with E-state index in [-0.39, 0.29) is 30.4 Å². The van der Waals surface area contributed by atoms with E-state index < -0.39 is 0 Å². The van der Waals surface area contributed by atoms with Crippen LogP contribution in [0.25, 0.3) is 0 Å². The average Bonchev–Trinajstić information content (AvgIpc) is 3.36. The second-order valence-electron chi connectivity index (χ2n) is 10.1. The molecule has 202 valence electrons. The van der Waals surface area contributed by atoms with Crippen molar-refractivity contribution in [3.05, 3.63) is 80.5 Å². The van der Waals surface area contributed by atoms with Crippen LogP contribution in [0, 0.1) is 19.8 Å². The number of nitrogens with one attached hydrogen (secondary N) is 1. The number of hydrogen-bond donors (Lipinski definition) is 1. The summed E-state index contributed by atoms with van der Waals surface area (Å²) in [7, 11) is 0. The maximum absolute atomic E-state index is 13.8. The Kier molecular flexibility index (Phi) is 9.34. The summed E-state index contributed by atoms with van der Waals surface area (Å²) in [6.07, 6.45) is 1.71. The number of halogens is 1. The summed E-state index contributed by atoms with van der Waals surface area (Å²) in [5, 5.41) is 5.53. The third kappa shape index (κ3) is 6.88. The monoisotopic (exact) mass is 553 g/mol. The van der Waals surface area contributed by atoms with Gasteiger partial charge in [-0.3, -0.25) is 4.79 Å². The van der Waals surface area contributed by atoms with Gasteiger partial charge in [-0.25, -0.2) is 4.79 Å². The zero-order chi connectivity index (χ0) is 27.2. The maximum Gasteiger partial charge on any atom is 0.322 e. The predicted octanol–water partition coefficient (Wildman–Crippen LogP) is 7.10. The molecule has 0 aliphatic carbocycles. The van der Waals surface area contributed by atoms with E-state index in [1.54, 1.807) is 40.5 Å². The third-order valence-electron chi connectivity index (χ3n) is 7.06. The molecule has 2 heterocycles. The molecule has 2 atom stereocenters. The van der Waals surface area contributed by atoms with Gasteiger partial charge >= 0.3 is 6.03 Å². The smallest absolute Gasteiger partial charge is 0.322 e. The van der Waals surface area contributed by atoms with E-state index in [2.05, 4.69) is 43.6 Å². The maximum atomic E-state index is 13.8. The fraction of sp³-hybridized carbons (Fsp3) is 0.400. The molecule has 0 saturated heterocycles. The van der Waals surface area contributed by atoms with Crippen molar-refractivity contribution in [3.8, 4) is 5.75 Å². The van der Waals surface area contributed by atoms with E-state index in [9.17, 15) is 9.59 Å². The zero-order valence-electron chi connectivity index (χ0n) is 22.5. The number of nitrogens with zero attached hydrogens (tertiary/aromatic N) is 2. The van der Waals surface area contributed by atoms with Crippen LogP contribution in [0.4, 0.5) is 10.5 Å². The van der Waals surface area contributed by atoms with Gasteiger partial charge in [-0.05, 0) is 73.0 Å². The SMILES string of the molecule is CCC(C)CN(CC(=O)N1CCc2sccc2C1COc1ccc(C)cc1C)C(=O)Nc1cccc(Cl)c1. The fourth-order valence-corrected chi connectivity index (χ4v) is 5.87. The van der Waals surface area contributed by atoms with Crippen LogP contribution in [0.2, 0.25) is 5.02 Å². The van der Waals surface area contributed by atoms with Gasteiger partial charge < -0.3 is 19.9 Å². The minimum Gasteiger partial charge on any atom is -0.491 e.